The Morgan fingerprint density at radius 2 is 1.68 bits per heavy atom. The molecule has 2 N–H and O–H groups in total. The number of carbonyl (C=O) groups excluding carboxylic acids is 1. The van der Waals surface area contributed by atoms with Crippen LogP contribution < -0.4 is 10.6 Å². The maximum atomic E-state index is 14.4. The van der Waals surface area contributed by atoms with Crippen molar-refractivity contribution in [3.05, 3.63) is 89.5 Å². The standard InChI is InChI=1S/C31H30F4N4O/c1-17-24(20-7-5-19(6-8-20)21-9-12-29-28(13-21)37-18(2)39(29)4)15-23(36-3)16-25(17)30(40)38-27-11-10-22(14-26(27)32)31(33,34)35/h5-15,17,23,25,36H,16H2,1-4H3,(H,38,40)/t17-,23+,25?/m1/s1. The lowest BCUT2D eigenvalue weighted by atomic mass is 9.74. The van der Waals surface area contributed by atoms with Crippen molar-refractivity contribution >= 4 is 28.2 Å². The van der Waals surface area contributed by atoms with Gasteiger partial charge in [-0.25, -0.2) is 9.37 Å². The second kappa shape index (κ2) is 10.5. The van der Waals surface area contributed by atoms with Crippen molar-refractivity contribution in [3.63, 3.8) is 0 Å². The van der Waals surface area contributed by atoms with Gasteiger partial charge in [-0.05, 0) is 78.9 Å². The van der Waals surface area contributed by atoms with Crippen LogP contribution in [0.15, 0.2) is 66.7 Å². The molecule has 1 aliphatic rings. The van der Waals surface area contributed by atoms with Crippen molar-refractivity contribution in [2.75, 3.05) is 12.4 Å². The largest absolute Gasteiger partial charge is 0.416 e. The summed E-state index contributed by atoms with van der Waals surface area (Å²) in [6.45, 7) is 3.91. The van der Waals surface area contributed by atoms with Crippen LogP contribution in [-0.2, 0) is 18.0 Å². The van der Waals surface area contributed by atoms with Crippen LogP contribution in [0.2, 0.25) is 0 Å². The first-order valence-corrected chi connectivity index (χ1v) is 13.1. The summed E-state index contributed by atoms with van der Waals surface area (Å²) in [6, 6.07) is 16.3. The number of carbonyl (C=O) groups is 1. The fourth-order valence-electron chi connectivity index (χ4n) is 5.40. The lowest BCUT2D eigenvalue weighted by Gasteiger charge is -2.33. The van der Waals surface area contributed by atoms with Crippen molar-refractivity contribution < 1.29 is 22.4 Å². The topological polar surface area (TPSA) is 59.0 Å². The minimum atomic E-state index is -4.67. The van der Waals surface area contributed by atoms with E-state index in [0.29, 0.717) is 12.5 Å². The summed E-state index contributed by atoms with van der Waals surface area (Å²) in [5, 5.41) is 5.72. The van der Waals surface area contributed by atoms with Gasteiger partial charge < -0.3 is 15.2 Å². The molecule has 1 aromatic heterocycles. The number of alkyl halides is 3. The molecular weight excluding hydrogens is 520 g/mol. The van der Waals surface area contributed by atoms with Crippen LogP contribution >= 0.6 is 0 Å². The van der Waals surface area contributed by atoms with Gasteiger partial charge in [0.05, 0.1) is 22.3 Å². The number of imidazole rings is 1. The maximum Gasteiger partial charge on any atom is 0.416 e. The number of rotatable bonds is 5. The number of aromatic nitrogens is 2. The first-order valence-electron chi connectivity index (χ1n) is 13.1. The van der Waals surface area contributed by atoms with Crippen LogP contribution in [0.1, 0.15) is 30.3 Å². The average molecular weight is 551 g/mol. The molecule has 0 bridgehead atoms. The summed E-state index contributed by atoms with van der Waals surface area (Å²) in [6.07, 6.45) is -2.09. The summed E-state index contributed by atoms with van der Waals surface area (Å²) in [5.74, 6) is -1.34. The second-order valence-electron chi connectivity index (χ2n) is 10.3. The molecule has 3 atom stereocenters. The van der Waals surface area contributed by atoms with Crippen LogP contribution in [0.5, 0.6) is 0 Å². The van der Waals surface area contributed by atoms with E-state index < -0.39 is 29.4 Å². The predicted octanol–water partition coefficient (Wildman–Crippen LogP) is 6.97. The molecule has 0 saturated carbocycles. The van der Waals surface area contributed by atoms with Gasteiger partial charge in [-0.1, -0.05) is 43.3 Å². The van der Waals surface area contributed by atoms with Crippen molar-refractivity contribution in [2.45, 2.75) is 32.5 Å². The molecular formula is C31H30F4N4O. The molecule has 1 heterocycles. The number of anilines is 1. The third-order valence-corrected chi connectivity index (χ3v) is 7.90. The third-order valence-electron chi connectivity index (χ3n) is 7.90. The first-order chi connectivity index (χ1) is 19.0. The van der Waals surface area contributed by atoms with Gasteiger partial charge in [0.15, 0.2) is 0 Å². The summed E-state index contributed by atoms with van der Waals surface area (Å²) in [5.41, 5.74) is 4.64. The van der Waals surface area contributed by atoms with Gasteiger partial charge in [-0.15, -0.1) is 0 Å². The number of nitrogens with zero attached hydrogens (tertiary/aromatic N) is 2. The van der Waals surface area contributed by atoms with Gasteiger partial charge in [-0.3, -0.25) is 4.79 Å². The van der Waals surface area contributed by atoms with E-state index in [4.69, 9.17) is 0 Å². The van der Waals surface area contributed by atoms with Crippen molar-refractivity contribution in [1.29, 1.82) is 0 Å². The quantitative estimate of drug-likeness (QED) is 0.264. The number of likely N-dealkylation sites (N-methyl/N-ethyl adjacent to an activating group) is 1. The smallest absolute Gasteiger partial charge is 0.331 e. The molecule has 208 valence electrons. The van der Waals surface area contributed by atoms with Gasteiger partial charge >= 0.3 is 6.18 Å². The van der Waals surface area contributed by atoms with E-state index in [1.807, 2.05) is 45.2 Å². The number of aryl methyl sites for hydroxylation is 2. The Hall–Kier alpha value is -3.98. The summed E-state index contributed by atoms with van der Waals surface area (Å²) in [7, 11) is 3.79. The SMILES string of the molecule is CN[C@H]1C=C(c2ccc(-c3ccc4c(c3)nc(C)n4C)cc2)[C@@H](C)C(C(=O)Nc2ccc(C(F)(F)F)cc2F)C1. The molecule has 5 rings (SSSR count). The molecule has 0 saturated heterocycles. The molecule has 1 unspecified atom stereocenters. The number of halogens is 4. The van der Waals surface area contributed by atoms with E-state index in [1.165, 1.54) is 0 Å². The van der Waals surface area contributed by atoms with Gasteiger partial charge in [-0.2, -0.15) is 13.2 Å². The monoisotopic (exact) mass is 550 g/mol. The van der Waals surface area contributed by atoms with Crippen molar-refractivity contribution in [1.82, 2.24) is 14.9 Å². The highest BCUT2D eigenvalue weighted by Crippen LogP contribution is 2.39. The number of hydrogen-bond acceptors (Lipinski definition) is 3. The van der Waals surface area contributed by atoms with E-state index >= 15 is 0 Å². The van der Waals surface area contributed by atoms with E-state index in [-0.39, 0.29) is 17.6 Å². The molecule has 3 aromatic carbocycles. The van der Waals surface area contributed by atoms with Crippen molar-refractivity contribution in [2.24, 2.45) is 18.9 Å². The molecule has 0 spiro atoms. The Balaban J connectivity index is 1.37. The molecule has 40 heavy (non-hydrogen) atoms. The van der Waals surface area contributed by atoms with E-state index in [0.717, 1.165) is 51.3 Å². The lowest BCUT2D eigenvalue weighted by molar-refractivity contribution is -0.137. The van der Waals surface area contributed by atoms with Gasteiger partial charge in [0.1, 0.15) is 11.6 Å². The normalized spacial score (nSPS) is 19.5. The maximum absolute atomic E-state index is 14.4. The van der Waals surface area contributed by atoms with Crippen LogP contribution in [0, 0.1) is 24.6 Å². The van der Waals surface area contributed by atoms with Crippen LogP contribution in [0.25, 0.3) is 27.7 Å². The van der Waals surface area contributed by atoms with Gasteiger partial charge in [0.2, 0.25) is 5.91 Å². The highest BCUT2D eigenvalue weighted by atomic mass is 19.4. The minimum Gasteiger partial charge on any atom is -0.331 e. The highest BCUT2D eigenvalue weighted by molar-refractivity contribution is 5.95. The molecule has 5 nitrogen and oxygen atoms in total. The Morgan fingerprint density at radius 1 is 1.00 bits per heavy atom. The summed E-state index contributed by atoms with van der Waals surface area (Å²) in [4.78, 5) is 17.9. The van der Waals surface area contributed by atoms with Gasteiger partial charge in [0, 0.05) is 19.0 Å². The fourth-order valence-corrected chi connectivity index (χ4v) is 5.40. The second-order valence-corrected chi connectivity index (χ2v) is 10.3. The molecule has 0 radical (unpaired) electrons. The van der Waals surface area contributed by atoms with Gasteiger partial charge in [0.25, 0.3) is 0 Å². The number of nitrogens with one attached hydrogen (secondary N) is 2. The van der Waals surface area contributed by atoms with E-state index in [1.54, 1.807) is 7.05 Å². The third kappa shape index (κ3) is 5.25. The lowest BCUT2D eigenvalue weighted by Crippen LogP contribution is -2.39. The molecule has 1 aliphatic carbocycles. The Morgan fingerprint density at radius 3 is 2.33 bits per heavy atom. The fraction of sp³-hybridized carbons (Fsp3) is 0.290. The van der Waals surface area contributed by atoms with Crippen LogP contribution in [0.3, 0.4) is 0 Å². The Labute approximate surface area is 229 Å². The molecule has 0 aliphatic heterocycles. The Bertz CT molecular complexity index is 1600. The number of fused-ring (bicyclic) bond motifs is 1. The summed E-state index contributed by atoms with van der Waals surface area (Å²) < 4.78 is 55.2. The minimum absolute atomic E-state index is 0.103. The zero-order valence-corrected chi connectivity index (χ0v) is 22.6. The average Bonchev–Trinajstić information content (AvgIpc) is 3.21. The van der Waals surface area contributed by atoms with Crippen molar-refractivity contribution in [3.8, 4) is 11.1 Å². The summed E-state index contributed by atoms with van der Waals surface area (Å²) >= 11 is 0. The molecule has 0 fully saturated rings. The number of amides is 1. The first kappa shape index (κ1) is 27.6. The highest BCUT2D eigenvalue weighted by Gasteiger charge is 2.35. The number of benzene rings is 3. The zero-order valence-electron chi connectivity index (χ0n) is 22.6. The predicted molar refractivity (Wildman–Crippen MR) is 149 cm³/mol. The number of hydrogen-bond donors (Lipinski definition) is 2. The molecule has 9 heteroatoms. The van der Waals surface area contributed by atoms with Crippen LogP contribution in [-0.4, -0.2) is 28.5 Å². The molecule has 1 amide bonds. The number of allylic oxidation sites excluding steroid dienone is 1. The van der Waals surface area contributed by atoms with E-state index in [2.05, 4.69) is 44.5 Å². The zero-order chi connectivity index (χ0) is 28.8. The molecule has 4 aromatic rings. The van der Waals surface area contributed by atoms with Crippen LogP contribution in [0.4, 0.5) is 23.2 Å². The Kier molecular flexibility index (Phi) is 7.27. The van der Waals surface area contributed by atoms with E-state index in [9.17, 15) is 22.4 Å².